The molecule has 0 saturated carbocycles. The van der Waals surface area contributed by atoms with E-state index in [1.165, 1.54) is 19.1 Å². The van der Waals surface area contributed by atoms with E-state index in [0.717, 1.165) is 22.9 Å². The summed E-state index contributed by atoms with van der Waals surface area (Å²) in [6, 6.07) is 4.76. The lowest BCUT2D eigenvalue weighted by atomic mass is 10.1. The minimum Gasteiger partial charge on any atom is -0.459 e. The summed E-state index contributed by atoms with van der Waals surface area (Å²) in [6.07, 6.45) is 1.05. The molecule has 0 aliphatic carbocycles. The number of carbonyl (C=O) groups excluding carboxylic acids is 1. The predicted octanol–water partition coefficient (Wildman–Crippen LogP) is 1.96. The van der Waals surface area contributed by atoms with Crippen LogP contribution in [-0.4, -0.2) is 42.7 Å². The number of non-ortho nitro benzene ring substituents is 1. The molecule has 26 heavy (non-hydrogen) atoms. The van der Waals surface area contributed by atoms with E-state index in [1.54, 1.807) is 0 Å². The molecule has 0 aliphatic rings. The highest BCUT2D eigenvalue weighted by atomic mass is 35.5. The van der Waals surface area contributed by atoms with Crippen LogP contribution in [0.3, 0.4) is 0 Å². The third kappa shape index (κ3) is 4.74. The Labute approximate surface area is 151 Å². The van der Waals surface area contributed by atoms with Gasteiger partial charge in [0.05, 0.1) is 17.0 Å². The number of esters is 1. The van der Waals surface area contributed by atoms with Crippen molar-refractivity contribution in [1.29, 1.82) is 0 Å². The molecule has 1 N–H and O–H groups in total. The molecule has 0 fully saturated rings. The van der Waals surface area contributed by atoms with Gasteiger partial charge in [-0.3, -0.25) is 14.7 Å². The molecule has 1 aromatic carbocycles. The number of halogens is 1. The van der Waals surface area contributed by atoms with E-state index in [4.69, 9.17) is 16.3 Å². The molecule has 0 bridgehead atoms. The van der Waals surface area contributed by atoms with Crippen molar-refractivity contribution >= 4 is 29.1 Å². The smallest absolute Gasteiger partial charge is 0.383 e. The molecule has 11 nitrogen and oxygen atoms in total. The second kappa shape index (κ2) is 7.45. The number of imidazole rings is 1. The Morgan fingerprint density at radius 1 is 1.31 bits per heavy atom. The minimum absolute atomic E-state index is 0.0719. The zero-order chi connectivity index (χ0) is 19.5. The number of aliphatic hydroxyl groups is 1. The molecule has 0 spiro atoms. The molecule has 0 unspecified atom stereocenters. The number of aromatic nitrogens is 2. The van der Waals surface area contributed by atoms with Crippen LogP contribution in [0, 0.1) is 20.2 Å². The van der Waals surface area contributed by atoms with E-state index >= 15 is 0 Å². The lowest BCUT2D eigenvalue weighted by Crippen LogP contribution is -2.36. The molecule has 0 saturated heterocycles. The number of nitro groups is 2. The highest BCUT2D eigenvalue weighted by Crippen LogP contribution is 2.19. The van der Waals surface area contributed by atoms with E-state index in [-0.39, 0.29) is 23.1 Å². The van der Waals surface area contributed by atoms with E-state index < -0.39 is 33.8 Å². The summed E-state index contributed by atoms with van der Waals surface area (Å²) in [5.74, 6) is -1.27. The summed E-state index contributed by atoms with van der Waals surface area (Å²) in [7, 11) is 0. The fraction of sp³-hybridized carbons (Fsp3) is 0.286. The van der Waals surface area contributed by atoms with Gasteiger partial charge in [-0.15, -0.1) is 0 Å². The summed E-state index contributed by atoms with van der Waals surface area (Å²) in [5.41, 5.74) is -1.69. The number of nitrogens with zero attached hydrogens (tertiary/aromatic N) is 4. The number of hydrogen-bond acceptors (Lipinski definition) is 8. The van der Waals surface area contributed by atoms with Gasteiger partial charge >= 0.3 is 17.1 Å². The van der Waals surface area contributed by atoms with Crippen LogP contribution in [0.1, 0.15) is 17.3 Å². The van der Waals surface area contributed by atoms with Gasteiger partial charge in [-0.1, -0.05) is 0 Å². The molecule has 12 heteroatoms. The fourth-order valence-electron chi connectivity index (χ4n) is 2.02. The Kier molecular flexibility index (Phi) is 5.53. The highest BCUT2D eigenvalue weighted by molar-refractivity contribution is 6.28. The minimum atomic E-state index is -1.59. The van der Waals surface area contributed by atoms with Crippen molar-refractivity contribution in [2.75, 3.05) is 6.61 Å². The Morgan fingerprint density at radius 3 is 2.42 bits per heavy atom. The first kappa shape index (κ1) is 19.3. The summed E-state index contributed by atoms with van der Waals surface area (Å²) in [5, 5.41) is 31.4. The SMILES string of the molecule is C[C@@](O)(COC(=O)c1ccc([N+](=O)[O-])cc1)Cn1cc([N+](=O)[O-])nc1Cl. The van der Waals surface area contributed by atoms with E-state index in [1.807, 2.05) is 0 Å². The molecule has 2 aromatic rings. The summed E-state index contributed by atoms with van der Waals surface area (Å²) in [4.78, 5) is 35.4. The van der Waals surface area contributed by atoms with E-state index in [0.29, 0.717) is 0 Å². The van der Waals surface area contributed by atoms with Crippen molar-refractivity contribution in [1.82, 2.24) is 9.55 Å². The maximum Gasteiger partial charge on any atom is 0.383 e. The van der Waals surface area contributed by atoms with Crippen LogP contribution in [-0.2, 0) is 11.3 Å². The largest absolute Gasteiger partial charge is 0.459 e. The van der Waals surface area contributed by atoms with Gasteiger partial charge in [0.1, 0.15) is 18.4 Å². The second-order valence-corrected chi connectivity index (χ2v) is 5.97. The lowest BCUT2D eigenvalue weighted by molar-refractivity contribution is -0.389. The van der Waals surface area contributed by atoms with Crippen molar-refractivity contribution in [2.45, 2.75) is 19.1 Å². The molecule has 138 valence electrons. The van der Waals surface area contributed by atoms with Crippen LogP contribution in [0.25, 0.3) is 0 Å². The summed E-state index contributed by atoms with van der Waals surface area (Å²) >= 11 is 5.77. The van der Waals surface area contributed by atoms with Crippen LogP contribution >= 0.6 is 11.6 Å². The van der Waals surface area contributed by atoms with Crippen molar-refractivity contribution in [3.8, 4) is 0 Å². The van der Waals surface area contributed by atoms with Gasteiger partial charge in [0.2, 0.25) is 0 Å². The normalized spacial score (nSPS) is 13.0. The predicted molar refractivity (Wildman–Crippen MR) is 87.9 cm³/mol. The molecular weight excluding hydrogens is 372 g/mol. The molecule has 2 rings (SSSR count). The summed E-state index contributed by atoms with van der Waals surface area (Å²) in [6.45, 7) is 0.698. The Balaban J connectivity index is 1.99. The van der Waals surface area contributed by atoms with Crippen molar-refractivity contribution in [2.24, 2.45) is 0 Å². The van der Waals surface area contributed by atoms with Gasteiger partial charge in [0.15, 0.2) is 0 Å². The topological polar surface area (TPSA) is 151 Å². The zero-order valence-corrected chi connectivity index (χ0v) is 14.1. The van der Waals surface area contributed by atoms with Gasteiger partial charge in [-0.25, -0.2) is 4.79 Å². The van der Waals surface area contributed by atoms with Gasteiger partial charge < -0.3 is 20.0 Å². The maximum atomic E-state index is 11.9. The molecule has 0 aliphatic heterocycles. The Bertz CT molecular complexity index is 847. The van der Waals surface area contributed by atoms with E-state index in [9.17, 15) is 30.1 Å². The van der Waals surface area contributed by atoms with Crippen molar-refractivity contribution in [3.05, 3.63) is 61.5 Å². The Hall–Kier alpha value is -3.05. The third-order valence-electron chi connectivity index (χ3n) is 3.24. The second-order valence-electron chi connectivity index (χ2n) is 5.63. The van der Waals surface area contributed by atoms with Crippen LogP contribution in [0.15, 0.2) is 30.5 Å². The Morgan fingerprint density at radius 2 is 1.92 bits per heavy atom. The highest BCUT2D eigenvalue weighted by Gasteiger charge is 2.28. The fourth-order valence-corrected chi connectivity index (χ4v) is 2.21. The number of nitro benzene ring substituents is 1. The number of rotatable bonds is 7. The zero-order valence-electron chi connectivity index (χ0n) is 13.4. The average molecular weight is 385 g/mol. The number of benzene rings is 1. The molecule has 1 heterocycles. The van der Waals surface area contributed by atoms with E-state index in [2.05, 4.69) is 4.98 Å². The number of hydrogen-bond donors (Lipinski definition) is 1. The van der Waals surface area contributed by atoms with Crippen LogP contribution in [0.5, 0.6) is 0 Å². The van der Waals surface area contributed by atoms with Crippen LogP contribution in [0.4, 0.5) is 11.5 Å². The first-order valence-electron chi connectivity index (χ1n) is 7.10. The molecule has 0 amide bonds. The molecule has 0 radical (unpaired) electrons. The van der Waals surface area contributed by atoms with Crippen LogP contribution < -0.4 is 0 Å². The van der Waals surface area contributed by atoms with Gasteiger partial charge in [0.25, 0.3) is 5.69 Å². The first-order chi connectivity index (χ1) is 12.1. The quantitative estimate of drug-likeness (QED) is 0.432. The van der Waals surface area contributed by atoms with Gasteiger partial charge in [0, 0.05) is 12.1 Å². The third-order valence-corrected chi connectivity index (χ3v) is 3.54. The van der Waals surface area contributed by atoms with Gasteiger partial charge in [-0.05, 0) is 40.6 Å². The monoisotopic (exact) mass is 384 g/mol. The van der Waals surface area contributed by atoms with Crippen molar-refractivity contribution in [3.63, 3.8) is 0 Å². The molecule has 1 aromatic heterocycles. The first-order valence-corrected chi connectivity index (χ1v) is 7.48. The maximum absolute atomic E-state index is 11.9. The average Bonchev–Trinajstić information content (AvgIpc) is 2.93. The van der Waals surface area contributed by atoms with Gasteiger partial charge in [-0.2, -0.15) is 0 Å². The van der Waals surface area contributed by atoms with Crippen LogP contribution in [0.2, 0.25) is 5.28 Å². The lowest BCUT2D eigenvalue weighted by Gasteiger charge is -2.23. The standard InChI is InChI=1S/C14H13ClN4O7/c1-14(21,7-17-6-11(19(24)25)16-13(17)15)8-26-12(20)9-2-4-10(5-3-9)18(22)23/h2-6,21H,7-8H2,1H3/t14-/m0/s1. The van der Waals surface area contributed by atoms with Crippen molar-refractivity contribution < 1.29 is 24.5 Å². The number of carbonyl (C=O) groups is 1. The number of ether oxygens (including phenoxy) is 1. The molecular formula is C14H13ClN4O7. The summed E-state index contributed by atoms with van der Waals surface area (Å²) < 4.78 is 6.14. The molecule has 1 atom stereocenters.